The van der Waals surface area contributed by atoms with Crippen molar-refractivity contribution in [3.8, 4) is 5.82 Å². The van der Waals surface area contributed by atoms with E-state index in [1.165, 1.54) is 6.42 Å². The molecule has 0 aromatic carbocycles. The zero-order valence-electron chi connectivity index (χ0n) is 11.9. The van der Waals surface area contributed by atoms with Crippen LogP contribution in [0.5, 0.6) is 0 Å². The van der Waals surface area contributed by atoms with Crippen molar-refractivity contribution < 1.29 is 0 Å². The Morgan fingerprint density at radius 3 is 2.50 bits per heavy atom. The van der Waals surface area contributed by atoms with Crippen LogP contribution in [0.4, 0.5) is 11.5 Å². The summed E-state index contributed by atoms with van der Waals surface area (Å²) in [5.41, 5.74) is 6.86. The molecule has 0 amide bonds. The van der Waals surface area contributed by atoms with E-state index in [1.54, 1.807) is 17.2 Å². The molecule has 2 aromatic rings. The molecule has 0 spiro atoms. The fourth-order valence-electron chi connectivity index (χ4n) is 3.04. The van der Waals surface area contributed by atoms with Crippen LogP contribution in [0.25, 0.3) is 5.82 Å². The zero-order valence-corrected chi connectivity index (χ0v) is 11.9. The van der Waals surface area contributed by atoms with Gasteiger partial charge in [-0.05, 0) is 24.3 Å². The SMILES string of the molecule is CC1CC(C)CN(c2ncnc(-n3cccn3)c2N)C1. The number of nitrogens with two attached hydrogens (primary N) is 1. The van der Waals surface area contributed by atoms with Crippen molar-refractivity contribution >= 4 is 11.5 Å². The molecule has 106 valence electrons. The standard InChI is InChI=1S/C14H20N6/c1-10-6-11(2)8-19(7-10)13-12(15)14(17-9-16-13)20-5-3-4-18-20/h3-5,9-11H,6-8,15H2,1-2H3. The Labute approximate surface area is 118 Å². The third-order valence-electron chi connectivity index (χ3n) is 3.73. The molecule has 2 N–H and O–H groups in total. The lowest BCUT2D eigenvalue weighted by Gasteiger charge is -2.36. The van der Waals surface area contributed by atoms with Crippen LogP contribution in [0.3, 0.4) is 0 Å². The van der Waals surface area contributed by atoms with Crippen LogP contribution in [-0.2, 0) is 0 Å². The van der Waals surface area contributed by atoms with Gasteiger partial charge in [-0.25, -0.2) is 14.6 Å². The van der Waals surface area contributed by atoms with Gasteiger partial charge in [0.2, 0.25) is 0 Å². The van der Waals surface area contributed by atoms with Crippen LogP contribution in [-0.4, -0.2) is 32.8 Å². The fraction of sp³-hybridized carbons (Fsp3) is 0.500. The summed E-state index contributed by atoms with van der Waals surface area (Å²) in [6.07, 6.45) is 6.37. The summed E-state index contributed by atoms with van der Waals surface area (Å²) in [4.78, 5) is 10.9. The first-order valence-corrected chi connectivity index (χ1v) is 7.00. The third kappa shape index (κ3) is 2.33. The summed E-state index contributed by atoms with van der Waals surface area (Å²) >= 11 is 0. The monoisotopic (exact) mass is 272 g/mol. The number of aromatic nitrogens is 4. The van der Waals surface area contributed by atoms with Crippen LogP contribution in [0.15, 0.2) is 24.8 Å². The van der Waals surface area contributed by atoms with Crippen LogP contribution in [0.2, 0.25) is 0 Å². The van der Waals surface area contributed by atoms with E-state index in [0.29, 0.717) is 23.3 Å². The lowest BCUT2D eigenvalue weighted by Crippen LogP contribution is -2.39. The van der Waals surface area contributed by atoms with E-state index in [0.717, 1.165) is 18.9 Å². The molecule has 1 fully saturated rings. The molecule has 2 aromatic heterocycles. The van der Waals surface area contributed by atoms with Crippen LogP contribution >= 0.6 is 0 Å². The number of nitrogens with zero attached hydrogens (tertiary/aromatic N) is 5. The van der Waals surface area contributed by atoms with Crippen LogP contribution in [0.1, 0.15) is 20.3 Å². The Morgan fingerprint density at radius 2 is 1.85 bits per heavy atom. The molecule has 0 aliphatic carbocycles. The Kier molecular flexibility index (Phi) is 3.30. The molecule has 0 saturated carbocycles. The highest BCUT2D eigenvalue weighted by Crippen LogP contribution is 2.30. The number of hydrogen-bond acceptors (Lipinski definition) is 5. The van der Waals surface area contributed by atoms with Crippen molar-refractivity contribution in [3.63, 3.8) is 0 Å². The van der Waals surface area contributed by atoms with Gasteiger partial charge in [0.1, 0.15) is 12.0 Å². The van der Waals surface area contributed by atoms with Gasteiger partial charge in [-0.1, -0.05) is 13.8 Å². The number of anilines is 2. The van der Waals surface area contributed by atoms with Crippen molar-refractivity contribution in [1.82, 2.24) is 19.7 Å². The molecular weight excluding hydrogens is 252 g/mol. The minimum atomic E-state index is 0.595. The largest absolute Gasteiger partial charge is 0.393 e. The molecule has 1 saturated heterocycles. The first-order valence-electron chi connectivity index (χ1n) is 7.00. The molecule has 6 heteroatoms. The molecule has 2 atom stereocenters. The van der Waals surface area contributed by atoms with Crippen molar-refractivity contribution in [2.75, 3.05) is 23.7 Å². The lowest BCUT2D eigenvalue weighted by molar-refractivity contribution is 0.355. The van der Waals surface area contributed by atoms with Gasteiger partial charge in [0.25, 0.3) is 0 Å². The number of hydrogen-bond donors (Lipinski definition) is 1. The Balaban J connectivity index is 1.96. The van der Waals surface area contributed by atoms with E-state index in [9.17, 15) is 0 Å². The highest BCUT2D eigenvalue weighted by molar-refractivity contribution is 5.70. The minimum Gasteiger partial charge on any atom is -0.393 e. The maximum absolute atomic E-state index is 6.27. The quantitative estimate of drug-likeness (QED) is 0.901. The third-order valence-corrected chi connectivity index (χ3v) is 3.73. The maximum atomic E-state index is 6.27. The van der Waals surface area contributed by atoms with Gasteiger partial charge in [0, 0.05) is 25.5 Å². The normalized spacial score (nSPS) is 23.0. The molecule has 3 heterocycles. The molecule has 6 nitrogen and oxygen atoms in total. The van der Waals surface area contributed by atoms with E-state index in [4.69, 9.17) is 5.73 Å². The molecular formula is C14H20N6. The second-order valence-electron chi connectivity index (χ2n) is 5.74. The van der Waals surface area contributed by atoms with Gasteiger partial charge < -0.3 is 10.6 Å². The van der Waals surface area contributed by atoms with Gasteiger partial charge in [0.05, 0.1) is 0 Å². The molecule has 20 heavy (non-hydrogen) atoms. The van der Waals surface area contributed by atoms with Crippen LogP contribution in [0, 0.1) is 11.8 Å². The number of rotatable bonds is 2. The molecule has 0 bridgehead atoms. The number of nitrogen functional groups attached to an aromatic ring is 1. The van der Waals surface area contributed by atoms with Gasteiger partial charge in [-0.3, -0.25) is 0 Å². The second kappa shape index (κ2) is 5.11. The topological polar surface area (TPSA) is 72.9 Å². The minimum absolute atomic E-state index is 0.595. The molecule has 1 aliphatic rings. The Morgan fingerprint density at radius 1 is 1.15 bits per heavy atom. The molecule has 3 rings (SSSR count). The van der Waals surface area contributed by atoms with Gasteiger partial charge in [-0.15, -0.1) is 0 Å². The van der Waals surface area contributed by atoms with Crippen molar-refractivity contribution in [2.45, 2.75) is 20.3 Å². The number of piperidine rings is 1. The van der Waals surface area contributed by atoms with Crippen molar-refractivity contribution in [1.29, 1.82) is 0 Å². The molecule has 0 radical (unpaired) electrons. The predicted octanol–water partition coefficient (Wildman–Crippen LogP) is 1.73. The van der Waals surface area contributed by atoms with E-state index in [1.807, 2.05) is 12.3 Å². The van der Waals surface area contributed by atoms with Crippen molar-refractivity contribution in [2.24, 2.45) is 11.8 Å². The second-order valence-corrected chi connectivity index (χ2v) is 5.74. The molecule has 2 unspecified atom stereocenters. The first-order chi connectivity index (χ1) is 9.65. The zero-order chi connectivity index (χ0) is 14.1. The summed E-state index contributed by atoms with van der Waals surface area (Å²) in [7, 11) is 0. The van der Waals surface area contributed by atoms with E-state index >= 15 is 0 Å². The van der Waals surface area contributed by atoms with Crippen LogP contribution < -0.4 is 10.6 Å². The highest BCUT2D eigenvalue weighted by atomic mass is 15.3. The highest BCUT2D eigenvalue weighted by Gasteiger charge is 2.25. The first kappa shape index (κ1) is 12.9. The summed E-state index contributed by atoms with van der Waals surface area (Å²) in [6, 6.07) is 1.85. The summed E-state index contributed by atoms with van der Waals surface area (Å²) in [5, 5.41) is 4.19. The predicted molar refractivity (Wildman–Crippen MR) is 78.7 cm³/mol. The van der Waals surface area contributed by atoms with E-state index in [-0.39, 0.29) is 0 Å². The summed E-state index contributed by atoms with van der Waals surface area (Å²) in [5.74, 6) is 2.78. The summed E-state index contributed by atoms with van der Waals surface area (Å²) in [6.45, 7) is 6.52. The summed E-state index contributed by atoms with van der Waals surface area (Å²) < 4.78 is 1.68. The Hall–Kier alpha value is -2.11. The fourth-order valence-corrected chi connectivity index (χ4v) is 3.04. The Bertz CT molecular complexity index is 569. The average molecular weight is 272 g/mol. The average Bonchev–Trinajstić information content (AvgIpc) is 2.91. The van der Waals surface area contributed by atoms with E-state index < -0.39 is 0 Å². The maximum Gasteiger partial charge on any atom is 0.181 e. The van der Waals surface area contributed by atoms with Gasteiger partial charge in [-0.2, -0.15) is 5.10 Å². The van der Waals surface area contributed by atoms with Gasteiger partial charge in [0.15, 0.2) is 11.6 Å². The smallest absolute Gasteiger partial charge is 0.181 e. The van der Waals surface area contributed by atoms with E-state index in [2.05, 4.69) is 33.8 Å². The molecule has 1 aliphatic heterocycles. The van der Waals surface area contributed by atoms with Crippen molar-refractivity contribution in [3.05, 3.63) is 24.8 Å². The van der Waals surface area contributed by atoms with Gasteiger partial charge >= 0.3 is 0 Å². The lowest BCUT2D eigenvalue weighted by atomic mass is 9.92.